The van der Waals surface area contributed by atoms with Crippen molar-refractivity contribution in [1.82, 2.24) is 19.7 Å². The maximum atomic E-state index is 10.6. The molecule has 0 spiro atoms. The first-order valence-electron chi connectivity index (χ1n) is 6.57. The predicted molar refractivity (Wildman–Crippen MR) is 80.6 cm³/mol. The molecule has 0 fully saturated rings. The van der Waals surface area contributed by atoms with Crippen LogP contribution in [0.2, 0.25) is 5.02 Å². The van der Waals surface area contributed by atoms with Crippen LogP contribution in [0, 0.1) is 0 Å². The van der Waals surface area contributed by atoms with Gasteiger partial charge in [0.2, 0.25) is 0 Å². The van der Waals surface area contributed by atoms with Gasteiger partial charge < -0.3 is 14.7 Å². The second kappa shape index (κ2) is 6.89. The number of nitrogens with zero attached hydrogens (tertiary/aromatic N) is 4. The molecule has 1 unspecified atom stereocenters. The van der Waals surface area contributed by atoms with Gasteiger partial charge in [-0.3, -0.25) is 9.67 Å². The highest BCUT2D eigenvalue weighted by atomic mass is 35.5. The van der Waals surface area contributed by atoms with Crippen molar-refractivity contribution in [1.29, 1.82) is 0 Å². The van der Waals surface area contributed by atoms with Crippen LogP contribution in [0.3, 0.4) is 0 Å². The number of aliphatic hydroxyl groups is 1. The summed E-state index contributed by atoms with van der Waals surface area (Å²) in [5, 5.41) is 15.4. The molecule has 2 rings (SSSR count). The molecule has 7 heteroatoms. The summed E-state index contributed by atoms with van der Waals surface area (Å²) >= 11 is 5.82. The van der Waals surface area contributed by atoms with Gasteiger partial charge in [0.25, 0.3) is 0 Å². The number of ether oxygens (including phenoxy) is 1. The molecule has 21 heavy (non-hydrogen) atoms. The molecule has 6 nitrogen and oxygen atoms in total. The number of rotatable bonds is 6. The number of methoxy groups -OCH3 is 1. The molecule has 2 heterocycles. The summed E-state index contributed by atoms with van der Waals surface area (Å²) in [5.41, 5.74) is 1.10. The summed E-state index contributed by atoms with van der Waals surface area (Å²) in [6, 6.07) is 3.38. The van der Waals surface area contributed by atoms with Gasteiger partial charge in [-0.15, -0.1) is 0 Å². The van der Waals surface area contributed by atoms with Gasteiger partial charge in [-0.25, -0.2) is 0 Å². The molecule has 0 aromatic carbocycles. The van der Waals surface area contributed by atoms with Crippen LogP contribution in [0.25, 0.3) is 0 Å². The Morgan fingerprint density at radius 2 is 2.14 bits per heavy atom. The highest BCUT2D eigenvalue weighted by Gasteiger charge is 2.22. The minimum atomic E-state index is -0.915. The topological polar surface area (TPSA) is 63.4 Å². The second-order valence-electron chi connectivity index (χ2n) is 4.93. The van der Waals surface area contributed by atoms with Gasteiger partial charge in [0.05, 0.1) is 30.6 Å². The fraction of sp³-hybridized carbons (Fsp3) is 0.429. The van der Waals surface area contributed by atoms with Crippen LogP contribution in [-0.4, -0.2) is 52.5 Å². The number of hydrogen-bond acceptors (Lipinski definition) is 5. The summed E-state index contributed by atoms with van der Waals surface area (Å²) in [5.74, 6) is 0.540. The van der Waals surface area contributed by atoms with E-state index in [2.05, 4.69) is 10.1 Å². The van der Waals surface area contributed by atoms with E-state index in [1.54, 1.807) is 30.1 Å². The SMILES string of the molecule is COc1cnn(CCN(C)C)c1C(O)c1ccc(Cl)cn1. The summed E-state index contributed by atoms with van der Waals surface area (Å²) in [6.07, 6.45) is 2.19. The van der Waals surface area contributed by atoms with Gasteiger partial charge in [0.1, 0.15) is 11.8 Å². The van der Waals surface area contributed by atoms with Crippen molar-refractivity contribution in [3.63, 3.8) is 0 Å². The monoisotopic (exact) mass is 310 g/mol. The van der Waals surface area contributed by atoms with Crippen molar-refractivity contribution in [2.24, 2.45) is 0 Å². The van der Waals surface area contributed by atoms with Gasteiger partial charge >= 0.3 is 0 Å². The maximum Gasteiger partial charge on any atom is 0.163 e. The van der Waals surface area contributed by atoms with E-state index < -0.39 is 6.10 Å². The molecule has 0 bridgehead atoms. The average Bonchev–Trinajstić information content (AvgIpc) is 2.88. The highest BCUT2D eigenvalue weighted by Crippen LogP contribution is 2.29. The van der Waals surface area contributed by atoms with E-state index in [0.717, 1.165) is 6.54 Å². The second-order valence-corrected chi connectivity index (χ2v) is 5.36. The van der Waals surface area contributed by atoms with Crippen LogP contribution in [0.4, 0.5) is 0 Å². The molecule has 114 valence electrons. The van der Waals surface area contributed by atoms with Crippen LogP contribution in [-0.2, 0) is 6.54 Å². The molecule has 2 aromatic heterocycles. The first-order valence-corrected chi connectivity index (χ1v) is 6.94. The maximum absolute atomic E-state index is 10.6. The number of aliphatic hydroxyl groups excluding tert-OH is 1. The van der Waals surface area contributed by atoms with Crippen molar-refractivity contribution in [3.8, 4) is 5.75 Å². The molecular formula is C14H19ClN4O2. The van der Waals surface area contributed by atoms with Crippen molar-refractivity contribution in [2.45, 2.75) is 12.6 Å². The van der Waals surface area contributed by atoms with Crippen molar-refractivity contribution in [2.75, 3.05) is 27.7 Å². The van der Waals surface area contributed by atoms with E-state index in [4.69, 9.17) is 16.3 Å². The third kappa shape index (κ3) is 3.72. The van der Waals surface area contributed by atoms with Crippen LogP contribution >= 0.6 is 11.6 Å². The zero-order valence-electron chi connectivity index (χ0n) is 12.3. The Labute approximate surface area is 128 Å². The zero-order chi connectivity index (χ0) is 15.4. The Kier molecular flexibility index (Phi) is 5.17. The molecule has 0 saturated carbocycles. The normalized spacial score (nSPS) is 12.7. The molecule has 0 saturated heterocycles. The lowest BCUT2D eigenvalue weighted by atomic mass is 10.1. The Balaban J connectivity index is 2.31. The Morgan fingerprint density at radius 1 is 1.38 bits per heavy atom. The van der Waals surface area contributed by atoms with Gasteiger partial charge in [0.15, 0.2) is 5.75 Å². The number of hydrogen-bond donors (Lipinski definition) is 1. The van der Waals surface area contributed by atoms with Crippen molar-refractivity contribution in [3.05, 3.63) is 40.9 Å². The molecule has 0 amide bonds. The number of halogens is 1. The molecule has 0 aliphatic carbocycles. The summed E-state index contributed by atoms with van der Waals surface area (Å²) < 4.78 is 7.02. The highest BCUT2D eigenvalue weighted by molar-refractivity contribution is 6.30. The van der Waals surface area contributed by atoms with Gasteiger partial charge in [-0.05, 0) is 26.2 Å². The van der Waals surface area contributed by atoms with Crippen LogP contribution in [0.15, 0.2) is 24.5 Å². The molecule has 1 atom stereocenters. The molecule has 1 N–H and O–H groups in total. The van der Waals surface area contributed by atoms with Crippen LogP contribution in [0.1, 0.15) is 17.5 Å². The summed E-state index contributed by atoms with van der Waals surface area (Å²) in [7, 11) is 5.52. The molecule has 2 aromatic rings. The summed E-state index contributed by atoms with van der Waals surface area (Å²) in [6.45, 7) is 1.45. The van der Waals surface area contributed by atoms with Crippen LogP contribution in [0.5, 0.6) is 5.75 Å². The van der Waals surface area contributed by atoms with E-state index in [1.165, 1.54) is 6.20 Å². The fourth-order valence-corrected chi connectivity index (χ4v) is 2.08. The smallest absolute Gasteiger partial charge is 0.163 e. The van der Waals surface area contributed by atoms with Crippen molar-refractivity contribution >= 4 is 11.6 Å². The van der Waals surface area contributed by atoms with Gasteiger partial charge in [-0.1, -0.05) is 11.6 Å². The van der Waals surface area contributed by atoms with E-state index in [1.807, 2.05) is 19.0 Å². The van der Waals surface area contributed by atoms with Crippen molar-refractivity contribution < 1.29 is 9.84 Å². The molecule has 0 aliphatic heterocycles. The minimum Gasteiger partial charge on any atom is -0.493 e. The van der Waals surface area contributed by atoms with E-state index in [-0.39, 0.29) is 0 Å². The first-order chi connectivity index (χ1) is 10.0. The Bertz CT molecular complexity index is 583. The lowest BCUT2D eigenvalue weighted by molar-refractivity contribution is 0.195. The molecular weight excluding hydrogens is 292 g/mol. The van der Waals surface area contributed by atoms with E-state index in [9.17, 15) is 5.11 Å². The Morgan fingerprint density at radius 3 is 2.71 bits per heavy atom. The van der Waals surface area contributed by atoms with Crippen LogP contribution < -0.4 is 4.74 Å². The molecule has 0 radical (unpaired) electrons. The van der Waals surface area contributed by atoms with Gasteiger partial charge in [0, 0.05) is 12.7 Å². The quantitative estimate of drug-likeness (QED) is 0.877. The van der Waals surface area contributed by atoms with E-state index in [0.29, 0.717) is 28.7 Å². The van der Waals surface area contributed by atoms with Gasteiger partial charge in [-0.2, -0.15) is 5.10 Å². The number of aromatic nitrogens is 3. The number of pyridine rings is 1. The largest absolute Gasteiger partial charge is 0.493 e. The minimum absolute atomic E-state index is 0.504. The lowest BCUT2D eigenvalue weighted by Crippen LogP contribution is -2.21. The Hall–Kier alpha value is -1.63. The third-order valence-corrected chi connectivity index (χ3v) is 3.34. The zero-order valence-corrected chi connectivity index (χ0v) is 13.1. The fourth-order valence-electron chi connectivity index (χ4n) is 1.97. The lowest BCUT2D eigenvalue weighted by Gasteiger charge is -2.16. The number of likely N-dealkylation sites (N-methyl/N-ethyl adjacent to an activating group) is 1. The standard InChI is InChI=1S/C14H19ClN4O2/c1-18(2)6-7-19-13(12(21-3)9-17-19)14(20)11-5-4-10(15)8-16-11/h4-5,8-9,14,20H,6-7H2,1-3H3. The molecule has 0 aliphatic rings. The summed E-state index contributed by atoms with van der Waals surface area (Å²) in [4.78, 5) is 6.20. The third-order valence-electron chi connectivity index (χ3n) is 3.11. The van der Waals surface area contributed by atoms with E-state index >= 15 is 0 Å². The predicted octanol–water partition coefficient (Wildman–Crippen LogP) is 1.58. The first kappa shape index (κ1) is 15.8. The average molecular weight is 311 g/mol.